The second kappa shape index (κ2) is 5.08. The van der Waals surface area contributed by atoms with Crippen LogP contribution < -0.4 is 4.72 Å². The number of alkyl halides is 1. The highest BCUT2D eigenvalue weighted by atomic mass is 35.5. The summed E-state index contributed by atoms with van der Waals surface area (Å²) < 4.78 is 27.5. The average Bonchev–Trinajstić information content (AvgIpc) is 2.97. The second-order valence-corrected chi connectivity index (χ2v) is 7.73. The quantitative estimate of drug-likeness (QED) is 0.872. The zero-order chi connectivity index (χ0) is 13.5. The van der Waals surface area contributed by atoms with Crippen molar-refractivity contribution in [1.82, 2.24) is 4.72 Å². The van der Waals surface area contributed by atoms with Gasteiger partial charge in [0, 0.05) is 11.4 Å². The van der Waals surface area contributed by atoms with Crippen molar-refractivity contribution in [1.29, 1.82) is 0 Å². The van der Waals surface area contributed by atoms with Crippen LogP contribution in [0, 0.1) is 0 Å². The highest BCUT2D eigenvalue weighted by Crippen LogP contribution is 2.27. The molecule has 0 bridgehead atoms. The van der Waals surface area contributed by atoms with E-state index in [-0.39, 0.29) is 11.4 Å². The van der Waals surface area contributed by atoms with Crippen LogP contribution in [-0.2, 0) is 22.9 Å². The molecule has 2 aliphatic carbocycles. The topological polar surface area (TPSA) is 46.2 Å². The summed E-state index contributed by atoms with van der Waals surface area (Å²) in [6, 6.07) is 5.36. The van der Waals surface area contributed by atoms with Crippen LogP contribution in [0.25, 0.3) is 0 Å². The van der Waals surface area contributed by atoms with Crippen LogP contribution in [0.5, 0.6) is 0 Å². The Morgan fingerprint density at radius 2 is 1.89 bits per heavy atom. The molecule has 1 fully saturated rings. The van der Waals surface area contributed by atoms with Gasteiger partial charge in [-0.05, 0) is 55.4 Å². The van der Waals surface area contributed by atoms with Gasteiger partial charge < -0.3 is 0 Å². The maximum atomic E-state index is 12.4. The van der Waals surface area contributed by atoms with E-state index in [0.717, 1.165) is 38.5 Å². The van der Waals surface area contributed by atoms with Gasteiger partial charge in [-0.2, -0.15) is 0 Å². The molecule has 3 nitrogen and oxygen atoms in total. The fourth-order valence-electron chi connectivity index (χ4n) is 3.03. The lowest BCUT2D eigenvalue weighted by Crippen LogP contribution is -2.37. The first-order valence-corrected chi connectivity index (χ1v) is 8.76. The van der Waals surface area contributed by atoms with Gasteiger partial charge in [-0.25, -0.2) is 13.1 Å². The van der Waals surface area contributed by atoms with Crippen LogP contribution in [-0.4, -0.2) is 19.8 Å². The Kier molecular flexibility index (Phi) is 3.58. The summed E-state index contributed by atoms with van der Waals surface area (Å²) in [5.41, 5.74) is 2.46. The summed E-state index contributed by atoms with van der Waals surface area (Å²) in [5.74, 6) is 0. The van der Waals surface area contributed by atoms with E-state index in [9.17, 15) is 8.42 Å². The Bertz CT molecular complexity index is 585. The number of aryl methyl sites for hydroxylation is 2. The Balaban J connectivity index is 1.84. The minimum atomic E-state index is -3.43. The predicted molar refractivity (Wildman–Crippen MR) is 76.1 cm³/mol. The van der Waals surface area contributed by atoms with Crippen molar-refractivity contribution in [3.63, 3.8) is 0 Å². The van der Waals surface area contributed by atoms with E-state index >= 15 is 0 Å². The van der Waals surface area contributed by atoms with E-state index in [1.807, 2.05) is 12.1 Å². The number of sulfonamides is 1. The lowest BCUT2D eigenvalue weighted by molar-refractivity contribution is 0.553. The largest absolute Gasteiger partial charge is 0.240 e. The fourth-order valence-corrected chi connectivity index (χ4v) is 4.81. The third-order valence-corrected chi connectivity index (χ3v) is 6.13. The molecule has 2 atom stereocenters. The zero-order valence-electron chi connectivity index (χ0n) is 10.7. The average molecular weight is 300 g/mol. The van der Waals surface area contributed by atoms with Gasteiger partial charge in [-0.15, -0.1) is 11.6 Å². The third-order valence-electron chi connectivity index (χ3n) is 4.12. The number of halogens is 1. The summed E-state index contributed by atoms with van der Waals surface area (Å²) in [6.45, 7) is 0. The number of fused-ring (bicyclic) bond motifs is 1. The van der Waals surface area contributed by atoms with Crippen LogP contribution in [0.15, 0.2) is 23.1 Å². The molecule has 1 aromatic rings. The molecule has 5 heteroatoms. The molecule has 1 aromatic carbocycles. The van der Waals surface area contributed by atoms with E-state index in [1.165, 1.54) is 11.1 Å². The maximum absolute atomic E-state index is 12.4. The normalized spacial score (nSPS) is 26.6. The second-order valence-electron chi connectivity index (χ2n) is 5.46. The van der Waals surface area contributed by atoms with Gasteiger partial charge in [0.05, 0.1) is 4.90 Å². The number of hydrogen-bond donors (Lipinski definition) is 1. The molecule has 3 rings (SSSR count). The van der Waals surface area contributed by atoms with Crippen molar-refractivity contribution in [2.75, 3.05) is 0 Å². The summed E-state index contributed by atoms with van der Waals surface area (Å²) in [5, 5.41) is -0.0794. The van der Waals surface area contributed by atoms with E-state index in [0.29, 0.717) is 4.90 Å². The molecule has 0 aromatic heterocycles. The molecule has 19 heavy (non-hydrogen) atoms. The highest BCUT2D eigenvalue weighted by Gasteiger charge is 2.30. The molecule has 1 N–H and O–H groups in total. The van der Waals surface area contributed by atoms with Crippen molar-refractivity contribution >= 4 is 21.6 Å². The molecule has 2 unspecified atom stereocenters. The van der Waals surface area contributed by atoms with E-state index < -0.39 is 10.0 Å². The minimum absolute atomic E-state index is 0.0794. The lowest BCUT2D eigenvalue weighted by Gasteiger charge is -2.16. The summed E-state index contributed by atoms with van der Waals surface area (Å²) in [6.07, 6.45) is 5.89. The smallest absolute Gasteiger partial charge is 0.207 e. The van der Waals surface area contributed by atoms with Crippen LogP contribution in [0.3, 0.4) is 0 Å². The number of nitrogens with one attached hydrogen (secondary N) is 1. The molecule has 2 aliphatic rings. The zero-order valence-corrected chi connectivity index (χ0v) is 12.3. The first-order valence-electron chi connectivity index (χ1n) is 6.84. The molecule has 0 heterocycles. The van der Waals surface area contributed by atoms with E-state index in [2.05, 4.69) is 4.72 Å². The van der Waals surface area contributed by atoms with Crippen molar-refractivity contribution in [3.05, 3.63) is 29.3 Å². The Hall–Kier alpha value is -0.580. The van der Waals surface area contributed by atoms with Gasteiger partial charge in [-0.1, -0.05) is 12.5 Å². The monoisotopic (exact) mass is 299 g/mol. The van der Waals surface area contributed by atoms with Crippen LogP contribution in [0.1, 0.15) is 36.8 Å². The van der Waals surface area contributed by atoms with Crippen molar-refractivity contribution in [3.8, 4) is 0 Å². The number of hydrogen-bond acceptors (Lipinski definition) is 2. The third kappa shape index (κ3) is 2.67. The molecular formula is C14H18ClNO2S. The molecule has 0 saturated heterocycles. The van der Waals surface area contributed by atoms with Crippen molar-refractivity contribution < 1.29 is 8.42 Å². The van der Waals surface area contributed by atoms with E-state index in [4.69, 9.17) is 11.6 Å². The lowest BCUT2D eigenvalue weighted by atomic mass is 10.1. The van der Waals surface area contributed by atoms with Crippen molar-refractivity contribution in [2.24, 2.45) is 0 Å². The standard InChI is InChI=1S/C14H18ClNO2S/c15-13-5-2-6-14(13)16-19(17,18)12-8-7-10-3-1-4-11(10)9-12/h7-9,13-14,16H,1-6H2. The fraction of sp³-hybridized carbons (Fsp3) is 0.571. The van der Waals surface area contributed by atoms with Gasteiger partial charge in [0.15, 0.2) is 0 Å². The van der Waals surface area contributed by atoms with E-state index in [1.54, 1.807) is 6.07 Å². The minimum Gasteiger partial charge on any atom is -0.207 e. The number of rotatable bonds is 3. The summed E-state index contributed by atoms with van der Waals surface area (Å²) >= 11 is 6.14. The van der Waals surface area contributed by atoms with Gasteiger partial charge >= 0.3 is 0 Å². The molecule has 0 radical (unpaired) electrons. The van der Waals surface area contributed by atoms with Gasteiger partial charge in [-0.3, -0.25) is 0 Å². The summed E-state index contributed by atoms with van der Waals surface area (Å²) in [7, 11) is -3.43. The molecular weight excluding hydrogens is 282 g/mol. The predicted octanol–water partition coefficient (Wildman–Crippen LogP) is 2.61. The summed E-state index contributed by atoms with van der Waals surface area (Å²) in [4.78, 5) is 0.379. The van der Waals surface area contributed by atoms with Crippen molar-refractivity contribution in [2.45, 2.75) is 54.8 Å². The Labute approximate surface area is 119 Å². The van der Waals surface area contributed by atoms with Crippen LogP contribution in [0.2, 0.25) is 0 Å². The van der Waals surface area contributed by atoms with Gasteiger partial charge in [0.1, 0.15) is 0 Å². The molecule has 0 amide bonds. The SMILES string of the molecule is O=S(=O)(NC1CCCC1Cl)c1ccc2c(c1)CCC2. The molecule has 1 saturated carbocycles. The molecule has 0 aliphatic heterocycles. The first kappa shape index (κ1) is 13.4. The Morgan fingerprint density at radius 1 is 1.11 bits per heavy atom. The van der Waals surface area contributed by atoms with Gasteiger partial charge in [0.2, 0.25) is 10.0 Å². The number of benzene rings is 1. The van der Waals surface area contributed by atoms with Crippen LogP contribution >= 0.6 is 11.6 Å². The first-order chi connectivity index (χ1) is 9.06. The Morgan fingerprint density at radius 3 is 2.63 bits per heavy atom. The van der Waals surface area contributed by atoms with Gasteiger partial charge in [0.25, 0.3) is 0 Å². The molecule has 104 valence electrons. The molecule has 0 spiro atoms. The maximum Gasteiger partial charge on any atom is 0.240 e. The van der Waals surface area contributed by atoms with Crippen LogP contribution in [0.4, 0.5) is 0 Å². The highest BCUT2D eigenvalue weighted by molar-refractivity contribution is 7.89.